The van der Waals surface area contributed by atoms with Crippen LogP contribution in [0.4, 0.5) is 0 Å². The SMILES string of the molecule is CCCCCCCCCC1=C[C@H]2[C@H]([C@H]3C=C[C@@H]2C3)[C@H]1O. The molecule has 3 aliphatic carbocycles. The molecular formula is C19H30O. The van der Waals surface area contributed by atoms with Gasteiger partial charge >= 0.3 is 0 Å². The Balaban J connectivity index is 1.38. The van der Waals surface area contributed by atoms with Crippen molar-refractivity contribution >= 4 is 0 Å². The first-order valence-electron chi connectivity index (χ1n) is 8.88. The number of hydrogen-bond acceptors (Lipinski definition) is 1. The van der Waals surface area contributed by atoms with Crippen molar-refractivity contribution in [3.63, 3.8) is 0 Å². The van der Waals surface area contributed by atoms with E-state index < -0.39 is 0 Å². The standard InChI is InChI=1S/C19H30O/c1-2-3-4-5-6-7-8-9-16-13-17-14-10-11-15(12-14)18(17)19(16)20/h10-11,13-15,17-20H,2-9,12H2,1H3/t14-,15+,17-,18+,19+/m1/s1. The molecule has 1 nitrogen and oxygen atoms in total. The minimum absolute atomic E-state index is 0.125. The Morgan fingerprint density at radius 3 is 2.45 bits per heavy atom. The van der Waals surface area contributed by atoms with Crippen LogP contribution in [0.25, 0.3) is 0 Å². The Kier molecular flexibility index (Phi) is 4.65. The Hall–Kier alpha value is -0.560. The summed E-state index contributed by atoms with van der Waals surface area (Å²) in [4.78, 5) is 0. The van der Waals surface area contributed by atoms with Gasteiger partial charge in [0.15, 0.2) is 0 Å². The molecule has 0 aliphatic heterocycles. The molecule has 2 bridgehead atoms. The Labute approximate surface area is 124 Å². The van der Waals surface area contributed by atoms with Crippen LogP contribution < -0.4 is 0 Å². The van der Waals surface area contributed by atoms with Gasteiger partial charge in [0.05, 0.1) is 6.10 Å². The van der Waals surface area contributed by atoms with E-state index in [0.29, 0.717) is 17.8 Å². The maximum Gasteiger partial charge on any atom is 0.0789 e. The number of aliphatic hydroxyl groups excluding tert-OH is 1. The molecule has 112 valence electrons. The third-order valence-electron chi connectivity index (χ3n) is 5.80. The first kappa shape index (κ1) is 14.4. The molecule has 3 aliphatic rings. The van der Waals surface area contributed by atoms with Crippen molar-refractivity contribution in [1.82, 2.24) is 0 Å². The van der Waals surface area contributed by atoms with Crippen LogP contribution in [0.3, 0.4) is 0 Å². The highest BCUT2D eigenvalue weighted by molar-refractivity contribution is 5.30. The minimum Gasteiger partial charge on any atom is -0.388 e. The van der Waals surface area contributed by atoms with Crippen LogP contribution in [0.2, 0.25) is 0 Å². The summed E-state index contributed by atoms with van der Waals surface area (Å²) in [6.07, 6.45) is 19.0. The minimum atomic E-state index is -0.125. The van der Waals surface area contributed by atoms with E-state index in [0.717, 1.165) is 12.3 Å². The lowest BCUT2D eigenvalue weighted by Gasteiger charge is -2.24. The molecule has 1 fully saturated rings. The van der Waals surface area contributed by atoms with Crippen molar-refractivity contribution < 1.29 is 5.11 Å². The maximum atomic E-state index is 10.6. The van der Waals surface area contributed by atoms with Crippen LogP contribution in [0.15, 0.2) is 23.8 Å². The predicted octanol–water partition coefficient (Wildman–Crippen LogP) is 4.87. The van der Waals surface area contributed by atoms with Gasteiger partial charge in [0, 0.05) is 5.92 Å². The molecule has 5 atom stereocenters. The van der Waals surface area contributed by atoms with Crippen LogP contribution >= 0.6 is 0 Å². The van der Waals surface area contributed by atoms with E-state index in [2.05, 4.69) is 25.2 Å². The van der Waals surface area contributed by atoms with E-state index in [-0.39, 0.29) is 6.10 Å². The summed E-state index contributed by atoms with van der Waals surface area (Å²) in [5.41, 5.74) is 1.37. The van der Waals surface area contributed by atoms with E-state index in [1.807, 2.05) is 0 Å². The maximum absolute atomic E-state index is 10.6. The molecule has 0 unspecified atom stereocenters. The quantitative estimate of drug-likeness (QED) is 0.495. The zero-order valence-electron chi connectivity index (χ0n) is 12.9. The third-order valence-corrected chi connectivity index (χ3v) is 5.80. The van der Waals surface area contributed by atoms with Gasteiger partial charge in [-0.3, -0.25) is 0 Å². The van der Waals surface area contributed by atoms with Crippen molar-refractivity contribution in [3.05, 3.63) is 23.8 Å². The average molecular weight is 274 g/mol. The van der Waals surface area contributed by atoms with Crippen molar-refractivity contribution in [2.24, 2.45) is 23.7 Å². The topological polar surface area (TPSA) is 20.2 Å². The molecule has 0 aromatic carbocycles. The highest BCUT2D eigenvalue weighted by Gasteiger charge is 2.50. The van der Waals surface area contributed by atoms with E-state index in [9.17, 15) is 5.11 Å². The lowest BCUT2D eigenvalue weighted by atomic mass is 9.84. The third kappa shape index (κ3) is 2.74. The van der Waals surface area contributed by atoms with Gasteiger partial charge in [-0.15, -0.1) is 0 Å². The highest BCUT2D eigenvalue weighted by atomic mass is 16.3. The molecule has 0 radical (unpaired) electrons. The van der Waals surface area contributed by atoms with Crippen LogP contribution in [-0.4, -0.2) is 11.2 Å². The number of fused-ring (bicyclic) bond motifs is 5. The molecule has 0 spiro atoms. The summed E-state index contributed by atoms with van der Waals surface area (Å²) in [7, 11) is 0. The zero-order chi connectivity index (χ0) is 13.9. The zero-order valence-corrected chi connectivity index (χ0v) is 12.9. The van der Waals surface area contributed by atoms with Crippen LogP contribution in [0.5, 0.6) is 0 Å². The molecule has 20 heavy (non-hydrogen) atoms. The summed E-state index contributed by atoms with van der Waals surface area (Å²) in [6, 6.07) is 0. The van der Waals surface area contributed by atoms with E-state index in [1.54, 1.807) is 0 Å². The van der Waals surface area contributed by atoms with E-state index in [1.165, 1.54) is 56.9 Å². The summed E-state index contributed by atoms with van der Waals surface area (Å²) in [5, 5.41) is 10.6. The molecular weight excluding hydrogens is 244 g/mol. The van der Waals surface area contributed by atoms with Crippen molar-refractivity contribution in [2.75, 3.05) is 0 Å². The largest absolute Gasteiger partial charge is 0.388 e. The van der Waals surface area contributed by atoms with Gasteiger partial charge in [0.25, 0.3) is 0 Å². The van der Waals surface area contributed by atoms with Gasteiger partial charge < -0.3 is 5.11 Å². The van der Waals surface area contributed by atoms with Gasteiger partial charge in [-0.05, 0) is 42.6 Å². The van der Waals surface area contributed by atoms with E-state index in [4.69, 9.17) is 0 Å². The Morgan fingerprint density at radius 2 is 1.70 bits per heavy atom. The van der Waals surface area contributed by atoms with Crippen molar-refractivity contribution in [2.45, 2.75) is 70.8 Å². The van der Waals surface area contributed by atoms with Crippen LogP contribution in [0.1, 0.15) is 64.7 Å². The fraction of sp³-hybridized carbons (Fsp3) is 0.789. The number of aliphatic hydroxyl groups is 1. The van der Waals surface area contributed by atoms with Gasteiger partial charge in [-0.1, -0.05) is 63.7 Å². The van der Waals surface area contributed by atoms with E-state index >= 15 is 0 Å². The molecule has 0 amide bonds. The first-order chi connectivity index (χ1) is 9.81. The average Bonchev–Trinajstić information content (AvgIpc) is 3.12. The smallest absolute Gasteiger partial charge is 0.0789 e. The lowest BCUT2D eigenvalue weighted by Crippen LogP contribution is -2.25. The number of hydrogen-bond donors (Lipinski definition) is 1. The second-order valence-electron chi connectivity index (χ2n) is 7.16. The van der Waals surface area contributed by atoms with Gasteiger partial charge in [-0.2, -0.15) is 0 Å². The highest BCUT2D eigenvalue weighted by Crippen LogP contribution is 2.54. The Bertz CT molecular complexity index is 381. The molecule has 3 rings (SSSR count). The number of rotatable bonds is 8. The van der Waals surface area contributed by atoms with Crippen LogP contribution in [-0.2, 0) is 0 Å². The predicted molar refractivity (Wildman–Crippen MR) is 84.4 cm³/mol. The van der Waals surface area contributed by atoms with Crippen molar-refractivity contribution in [1.29, 1.82) is 0 Å². The molecule has 0 aromatic rings. The monoisotopic (exact) mass is 274 g/mol. The fourth-order valence-corrected chi connectivity index (χ4v) is 4.69. The van der Waals surface area contributed by atoms with Crippen LogP contribution in [0, 0.1) is 23.7 Å². The van der Waals surface area contributed by atoms with Gasteiger partial charge in [0.1, 0.15) is 0 Å². The molecule has 0 heterocycles. The van der Waals surface area contributed by atoms with Gasteiger partial charge in [-0.25, -0.2) is 0 Å². The summed E-state index contributed by atoms with van der Waals surface area (Å²) in [5.74, 6) is 2.61. The van der Waals surface area contributed by atoms with Gasteiger partial charge in [0.2, 0.25) is 0 Å². The summed E-state index contributed by atoms with van der Waals surface area (Å²) in [6.45, 7) is 2.27. The second kappa shape index (κ2) is 6.47. The summed E-state index contributed by atoms with van der Waals surface area (Å²) < 4.78 is 0. The van der Waals surface area contributed by atoms with Crippen molar-refractivity contribution in [3.8, 4) is 0 Å². The number of allylic oxidation sites excluding steroid dienone is 3. The Morgan fingerprint density at radius 1 is 1.00 bits per heavy atom. The molecule has 0 saturated heterocycles. The summed E-state index contributed by atoms with van der Waals surface area (Å²) >= 11 is 0. The fourth-order valence-electron chi connectivity index (χ4n) is 4.69. The first-order valence-corrected chi connectivity index (χ1v) is 8.88. The lowest BCUT2D eigenvalue weighted by molar-refractivity contribution is 0.121. The molecule has 0 aromatic heterocycles. The molecule has 1 N–H and O–H groups in total. The normalized spacial score (nSPS) is 37.5. The second-order valence-corrected chi connectivity index (χ2v) is 7.16. The molecule has 1 saturated carbocycles. The number of unbranched alkanes of at least 4 members (excludes halogenated alkanes) is 6. The molecule has 1 heteroatoms.